The topological polar surface area (TPSA) is 45.2 Å². The summed E-state index contributed by atoms with van der Waals surface area (Å²) in [6.45, 7) is 3.88. The van der Waals surface area contributed by atoms with Crippen LogP contribution in [0.5, 0.6) is 0 Å². The van der Waals surface area contributed by atoms with Gasteiger partial charge in [0.25, 0.3) is 5.91 Å². The van der Waals surface area contributed by atoms with Crippen molar-refractivity contribution in [2.24, 2.45) is 5.92 Å². The first-order chi connectivity index (χ1) is 11.1. The summed E-state index contributed by atoms with van der Waals surface area (Å²) in [5.74, 6) is 0.748. The van der Waals surface area contributed by atoms with Gasteiger partial charge in [-0.3, -0.25) is 9.78 Å². The number of para-hydroxylation sites is 1. The molecule has 0 spiro atoms. The maximum atomic E-state index is 12.6. The van der Waals surface area contributed by atoms with Crippen molar-refractivity contribution in [1.82, 2.24) is 9.88 Å². The van der Waals surface area contributed by atoms with E-state index in [1.165, 1.54) is 0 Å². The van der Waals surface area contributed by atoms with Crippen molar-refractivity contribution in [3.8, 4) is 0 Å². The van der Waals surface area contributed by atoms with Crippen LogP contribution in [0.15, 0.2) is 42.7 Å². The normalized spacial score (nSPS) is 15.5. The van der Waals surface area contributed by atoms with Crippen LogP contribution in [0, 0.1) is 5.92 Å². The number of nitrogens with one attached hydrogen (secondary N) is 1. The van der Waals surface area contributed by atoms with Gasteiger partial charge in [-0.15, -0.1) is 0 Å². The summed E-state index contributed by atoms with van der Waals surface area (Å²) in [5, 5.41) is 3.85. The first kappa shape index (κ1) is 15.8. The average Bonchev–Trinajstić information content (AvgIpc) is 2.57. The van der Waals surface area contributed by atoms with E-state index in [1.807, 2.05) is 35.2 Å². The van der Waals surface area contributed by atoms with Gasteiger partial charge in [0.15, 0.2) is 0 Å². The summed E-state index contributed by atoms with van der Waals surface area (Å²) in [4.78, 5) is 18.7. The van der Waals surface area contributed by atoms with Crippen LogP contribution >= 0.6 is 11.6 Å². The summed E-state index contributed by atoms with van der Waals surface area (Å²) in [6.07, 6.45) is 5.45. The van der Waals surface area contributed by atoms with Gasteiger partial charge in [-0.25, -0.2) is 0 Å². The molecule has 2 aromatic rings. The fourth-order valence-electron chi connectivity index (χ4n) is 2.74. The van der Waals surface area contributed by atoms with Crippen molar-refractivity contribution in [1.29, 1.82) is 0 Å². The van der Waals surface area contributed by atoms with Crippen LogP contribution in [0.1, 0.15) is 30.1 Å². The van der Waals surface area contributed by atoms with Crippen LogP contribution in [-0.4, -0.2) is 28.9 Å². The van der Waals surface area contributed by atoms with Gasteiger partial charge in [-0.05, 0) is 37.0 Å². The highest BCUT2D eigenvalue weighted by Crippen LogP contribution is 2.25. The number of aromatic nitrogens is 1. The molecule has 0 saturated carbocycles. The first-order valence-corrected chi connectivity index (χ1v) is 8.27. The second-order valence-corrected chi connectivity index (χ2v) is 6.45. The molecular weight excluding hydrogens is 310 g/mol. The molecule has 1 fully saturated rings. The van der Waals surface area contributed by atoms with E-state index in [0.29, 0.717) is 16.5 Å². The smallest absolute Gasteiger partial charge is 0.255 e. The Morgan fingerprint density at radius 2 is 2.00 bits per heavy atom. The molecule has 0 atom stereocenters. The zero-order chi connectivity index (χ0) is 16.2. The molecule has 4 nitrogen and oxygen atoms in total. The molecule has 2 heterocycles. The summed E-state index contributed by atoms with van der Waals surface area (Å²) in [5.41, 5.74) is 2.17. The molecular formula is C18H20ClN3O. The van der Waals surface area contributed by atoms with Crippen LogP contribution in [0.4, 0.5) is 11.4 Å². The molecule has 1 amide bonds. The second kappa shape index (κ2) is 7.01. The summed E-state index contributed by atoms with van der Waals surface area (Å²) in [7, 11) is 0. The monoisotopic (exact) mass is 329 g/mol. The standard InChI is InChI=1S/C18H20ClN3O/c1-13-6-8-22(9-7-13)18(23)14-10-15(12-20-11-14)21-17-5-3-2-4-16(17)19/h2-5,10-13,21H,6-9H2,1H3. The van der Waals surface area contributed by atoms with E-state index in [0.717, 1.165) is 37.3 Å². The minimum atomic E-state index is 0.0483. The highest BCUT2D eigenvalue weighted by molar-refractivity contribution is 6.33. The van der Waals surface area contributed by atoms with Gasteiger partial charge in [0.1, 0.15) is 0 Å². The zero-order valence-corrected chi connectivity index (χ0v) is 13.9. The van der Waals surface area contributed by atoms with Gasteiger partial charge >= 0.3 is 0 Å². The Morgan fingerprint density at radius 3 is 2.74 bits per heavy atom. The highest BCUT2D eigenvalue weighted by atomic mass is 35.5. The summed E-state index contributed by atoms with van der Waals surface area (Å²) in [6, 6.07) is 9.33. The van der Waals surface area contributed by atoms with Crippen molar-refractivity contribution in [2.45, 2.75) is 19.8 Å². The Balaban J connectivity index is 1.75. The Hall–Kier alpha value is -2.07. The molecule has 0 bridgehead atoms. The molecule has 1 aliphatic rings. The lowest BCUT2D eigenvalue weighted by Crippen LogP contribution is -2.37. The number of pyridine rings is 1. The Morgan fingerprint density at radius 1 is 1.26 bits per heavy atom. The molecule has 23 heavy (non-hydrogen) atoms. The third-order valence-corrected chi connectivity index (χ3v) is 4.54. The maximum absolute atomic E-state index is 12.6. The Kier molecular flexibility index (Phi) is 4.82. The minimum absolute atomic E-state index is 0.0483. The third-order valence-electron chi connectivity index (χ3n) is 4.21. The number of benzene rings is 1. The lowest BCUT2D eigenvalue weighted by atomic mass is 9.99. The number of likely N-dealkylation sites (tertiary alicyclic amines) is 1. The summed E-state index contributed by atoms with van der Waals surface area (Å²) >= 11 is 6.15. The lowest BCUT2D eigenvalue weighted by Gasteiger charge is -2.30. The fraction of sp³-hybridized carbons (Fsp3) is 0.333. The van der Waals surface area contributed by atoms with Crippen molar-refractivity contribution in [3.05, 3.63) is 53.3 Å². The van der Waals surface area contributed by atoms with Gasteiger partial charge in [-0.2, -0.15) is 0 Å². The number of carbonyl (C=O) groups excluding carboxylic acids is 1. The number of piperidine rings is 1. The predicted octanol–water partition coefficient (Wildman–Crippen LogP) is 4.35. The molecule has 3 rings (SSSR count). The molecule has 1 aliphatic heterocycles. The molecule has 5 heteroatoms. The number of nitrogens with zero attached hydrogens (tertiary/aromatic N) is 2. The maximum Gasteiger partial charge on any atom is 0.255 e. The van der Waals surface area contributed by atoms with Crippen molar-refractivity contribution in [3.63, 3.8) is 0 Å². The van der Waals surface area contributed by atoms with Crippen LogP contribution in [0.25, 0.3) is 0 Å². The van der Waals surface area contributed by atoms with Gasteiger partial charge in [-0.1, -0.05) is 30.7 Å². The minimum Gasteiger partial charge on any atom is -0.353 e. The summed E-state index contributed by atoms with van der Waals surface area (Å²) < 4.78 is 0. The van der Waals surface area contributed by atoms with E-state index in [-0.39, 0.29) is 5.91 Å². The van der Waals surface area contributed by atoms with E-state index < -0.39 is 0 Å². The number of rotatable bonds is 3. The highest BCUT2D eigenvalue weighted by Gasteiger charge is 2.21. The molecule has 1 N–H and O–H groups in total. The zero-order valence-electron chi connectivity index (χ0n) is 13.1. The van der Waals surface area contributed by atoms with Gasteiger partial charge in [0.05, 0.1) is 28.2 Å². The molecule has 1 aromatic carbocycles. The van der Waals surface area contributed by atoms with Crippen LogP contribution in [0.2, 0.25) is 5.02 Å². The number of carbonyl (C=O) groups is 1. The van der Waals surface area contributed by atoms with Crippen molar-refractivity contribution in [2.75, 3.05) is 18.4 Å². The molecule has 0 radical (unpaired) electrons. The fourth-order valence-corrected chi connectivity index (χ4v) is 2.92. The van der Waals surface area contributed by atoms with Gasteiger partial charge in [0.2, 0.25) is 0 Å². The van der Waals surface area contributed by atoms with Crippen molar-refractivity contribution >= 4 is 28.9 Å². The lowest BCUT2D eigenvalue weighted by molar-refractivity contribution is 0.0697. The van der Waals surface area contributed by atoms with E-state index in [4.69, 9.17) is 11.6 Å². The van der Waals surface area contributed by atoms with E-state index >= 15 is 0 Å². The van der Waals surface area contributed by atoms with E-state index in [1.54, 1.807) is 12.4 Å². The van der Waals surface area contributed by atoms with Crippen molar-refractivity contribution < 1.29 is 4.79 Å². The Bertz CT molecular complexity index is 696. The van der Waals surface area contributed by atoms with Gasteiger partial charge in [0, 0.05) is 19.3 Å². The van der Waals surface area contributed by atoms with Crippen LogP contribution in [-0.2, 0) is 0 Å². The van der Waals surface area contributed by atoms with E-state index in [2.05, 4.69) is 17.2 Å². The predicted molar refractivity (Wildman–Crippen MR) is 93.3 cm³/mol. The number of amides is 1. The average molecular weight is 330 g/mol. The number of halogens is 1. The quantitative estimate of drug-likeness (QED) is 0.910. The number of hydrogen-bond acceptors (Lipinski definition) is 3. The number of anilines is 2. The molecule has 0 unspecified atom stereocenters. The first-order valence-electron chi connectivity index (χ1n) is 7.89. The second-order valence-electron chi connectivity index (χ2n) is 6.04. The molecule has 120 valence electrons. The molecule has 0 aliphatic carbocycles. The third kappa shape index (κ3) is 3.82. The largest absolute Gasteiger partial charge is 0.353 e. The van der Waals surface area contributed by atoms with E-state index in [9.17, 15) is 4.79 Å². The van der Waals surface area contributed by atoms with Crippen LogP contribution in [0.3, 0.4) is 0 Å². The van der Waals surface area contributed by atoms with Crippen LogP contribution < -0.4 is 5.32 Å². The van der Waals surface area contributed by atoms with Gasteiger partial charge < -0.3 is 10.2 Å². The number of hydrogen-bond donors (Lipinski definition) is 1. The molecule has 1 saturated heterocycles. The SMILES string of the molecule is CC1CCN(C(=O)c2cncc(Nc3ccccc3Cl)c2)CC1. The molecule has 1 aromatic heterocycles. The Labute approximate surface area is 141 Å².